The van der Waals surface area contributed by atoms with Gasteiger partial charge in [-0.1, -0.05) is 25.5 Å². The van der Waals surface area contributed by atoms with Gasteiger partial charge in [0.25, 0.3) is 5.56 Å². The van der Waals surface area contributed by atoms with Crippen molar-refractivity contribution >= 4 is 10.9 Å². The molecule has 0 fully saturated rings. The third-order valence-corrected chi connectivity index (χ3v) is 3.21. The molecule has 0 aliphatic rings. The second-order valence-electron chi connectivity index (χ2n) is 4.71. The summed E-state index contributed by atoms with van der Waals surface area (Å²) in [7, 11) is 0. The lowest BCUT2D eigenvalue weighted by Crippen LogP contribution is -2.16. The lowest BCUT2D eigenvalue weighted by Gasteiger charge is -2.12. The van der Waals surface area contributed by atoms with E-state index in [1.807, 2.05) is 25.1 Å². The summed E-state index contributed by atoms with van der Waals surface area (Å²) in [6.07, 6.45) is 2.08. The topological polar surface area (TPSA) is 68.1 Å². The number of aromatic amines is 1. The maximum absolute atomic E-state index is 11.9. The molecule has 0 aliphatic heterocycles. The lowest BCUT2D eigenvalue weighted by atomic mass is 10.1. The van der Waals surface area contributed by atoms with Gasteiger partial charge in [-0.2, -0.15) is 0 Å². The van der Waals surface area contributed by atoms with Crippen LogP contribution >= 0.6 is 0 Å². The van der Waals surface area contributed by atoms with Crippen molar-refractivity contribution in [2.75, 3.05) is 6.61 Å². The molecular weight excluding hydrogens is 240 g/mol. The molecule has 19 heavy (non-hydrogen) atoms. The molecule has 0 amide bonds. The number of nitrogens with two attached hydrogens (primary N) is 1. The van der Waals surface area contributed by atoms with Crippen molar-refractivity contribution in [3.8, 4) is 5.75 Å². The largest absolute Gasteiger partial charge is 0.491 e. The SMILES string of the molecule is CCCCOc1c(C)ccc2cc(CN)c(=O)[nH]c12. The van der Waals surface area contributed by atoms with Crippen LogP contribution in [0.25, 0.3) is 10.9 Å². The molecule has 2 rings (SSSR count). The van der Waals surface area contributed by atoms with Crippen molar-refractivity contribution in [2.45, 2.75) is 33.2 Å². The van der Waals surface area contributed by atoms with Gasteiger partial charge in [0.15, 0.2) is 0 Å². The Balaban J connectivity index is 2.52. The average molecular weight is 260 g/mol. The van der Waals surface area contributed by atoms with Gasteiger partial charge in [-0.3, -0.25) is 4.79 Å². The summed E-state index contributed by atoms with van der Waals surface area (Å²) in [5.74, 6) is 0.770. The van der Waals surface area contributed by atoms with E-state index < -0.39 is 0 Å². The van der Waals surface area contributed by atoms with Crippen molar-refractivity contribution in [1.29, 1.82) is 0 Å². The summed E-state index contributed by atoms with van der Waals surface area (Å²) in [5, 5.41) is 0.956. The Morgan fingerprint density at radius 2 is 2.16 bits per heavy atom. The van der Waals surface area contributed by atoms with Crippen LogP contribution in [-0.2, 0) is 6.54 Å². The number of hydrogen-bond acceptors (Lipinski definition) is 3. The molecule has 0 aliphatic carbocycles. The molecule has 1 aromatic heterocycles. The lowest BCUT2D eigenvalue weighted by molar-refractivity contribution is 0.310. The van der Waals surface area contributed by atoms with Crippen LogP contribution in [0.5, 0.6) is 5.75 Å². The molecule has 2 aromatic rings. The number of rotatable bonds is 5. The summed E-state index contributed by atoms with van der Waals surface area (Å²) in [5.41, 5.74) is 7.80. The number of ether oxygens (including phenoxy) is 1. The van der Waals surface area contributed by atoms with Crippen LogP contribution in [0.3, 0.4) is 0 Å². The van der Waals surface area contributed by atoms with Crippen LogP contribution < -0.4 is 16.0 Å². The summed E-state index contributed by atoms with van der Waals surface area (Å²) in [4.78, 5) is 14.8. The molecule has 0 unspecified atom stereocenters. The predicted octanol–water partition coefficient (Wildman–Crippen LogP) is 2.47. The third-order valence-electron chi connectivity index (χ3n) is 3.21. The van der Waals surface area contributed by atoms with Gasteiger partial charge in [0.2, 0.25) is 0 Å². The zero-order valence-electron chi connectivity index (χ0n) is 11.5. The Hall–Kier alpha value is -1.81. The molecular formula is C15H20N2O2. The Labute approximate surface area is 112 Å². The maximum atomic E-state index is 11.9. The van der Waals surface area contributed by atoms with Gasteiger partial charge in [0, 0.05) is 17.5 Å². The van der Waals surface area contributed by atoms with Gasteiger partial charge >= 0.3 is 0 Å². The number of benzene rings is 1. The Morgan fingerprint density at radius 3 is 2.84 bits per heavy atom. The van der Waals surface area contributed by atoms with Crippen LogP contribution in [0.2, 0.25) is 0 Å². The van der Waals surface area contributed by atoms with Gasteiger partial charge in [0.05, 0.1) is 12.1 Å². The molecule has 3 N–H and O–H groups in total. The van der Waals surface area contributed by atoms with Gasteiger partial charge in [-0.15, -0.1) is 0 Å². The van der Waals surface area contributed by atoms with Crippen molar-refractivity contribution in [2.24, 2.45) is 5.73 Å². The summed E-state index contributed by atoms with van der Waals surface area (Å²) in [6, 6.07) is 5.81. The van der Waals surface area contributed by atoms with Crippen molar-refractivity contribution < 1.29 is 4.74 Å². The molecule has 1 heterocycles. The Kier molecular flexibility index (Phi) is 4.22. The van der Waals surface area contributed by atoms with E-state index in [9.17, 15) is 4.79 Å². The molecule has 0 radical (unpaired) electrons. The van der Waals surface area contributed by atoms with E-state index in [0.717, 1.165) is 35.1 Å². The van der Waals surface area contributed by atoms with Crippen LogP contribution in [0, 0.1) is 6.92 Å². The minimum atomic E-state index is -0.138. The minimum Gasteiger partial charge on any atom is -0.491 e. The number of nitrogens with one attached hydrogen (secondary N) is 1. The van der Waals surface area contributed by atoms with Crippen LogP contribution in [0.4, 0.5) is 0 Å². The first-order valence-corrected chi connectivity index (χ1v) is 6.65. The van der Waals surface area contributed by atoms with Crippen LogP contribution in [0.1, 0.15) is 30.9 Å². The summed E-state index contributed by atoms with van der Waals surface area (Å²) >= 11 is 0. The highest BCUT2D eigenvalue weighted by atomic mass is 16.5. The number of aryl methyl sites for hydroxylation is 1. The first-order valence-electron chi connectivity index (χ1n) is 6.65. The first kappa shape index (κ1) is 13.6. The number of unbranched alkanes of at least 4 members (excludes halogenated alkanes) is 1. The number of aromatic nitrogens is 1. The second kappa shape index (κ2) is 5.89. The fourth-order valence-electron chi connectivity index (χ4n) is 2.05. The van der Waals surface area contributed by atoms with Gasteiger partial charge in [-0.25, -0.2) is 0 Å². The Bertz CT molecular complexity index is 632. The molecule has 0 bridgehead atoms. The molecule has 0 saturated heterocycles. The number of pyridine rings is 1. The smallest absolute Gasteiger partial charge is 0.253 e. The van der Waals surface area contributed by atoms with Crippen molar-refractivity contribution in [3.63, 3.8) is 0 Å². The fraction of sp³-hybridized carbons (Fsp3) is 0.400. The first-order chi connectivity index (χ1) is 9.17. The fourth-order valence-corrected chi connectivity index (χ4v) is 2.05. The van der Waals surface area contributed by atoms with Crippen LogP contribution in [0.15, 0.2) is 23.0 Å². The zero-order valence-corrected chi connectivity index (χ0v) is 11.5. The monoisotopic (exact) mass is 260 g/mol. The van der Waals surface area contributed by atoms with E-state index >= 15 is 0 Å². The van der Waals surface area contributed by atoms with E-state index in [4.69, 9.17) is 10.5 Å². The zero-order chi connectivity index (χ0) is 13.8. The van der Waals surface area contributed by atoms with Crippen LogP contribution in [-0.4, -0.2) is 11.6 Å². The van der Waals surface area contributed by atoms with E-state index in [1.54, 1.807) is 0 Å². The summed E-state index contributed by atoms with van der Waals surface area (Å²) in [6.45, 7) is 5.01. The number of fused-ring (bicyclic) bond motifs is 1. The Morgan fingerprint density at radius 1 is 1.37 bits per heavy atom. The molecule has 0 spiro atoms. The van der Waals surface area contributed by atoms with E-state index in [0.29, 0.717) is 12.2 Å². The molecule has 102 valence electrons. The molecule has 4 heteroatoms. The second-order valence-corrected chi connectivity index (χ2v) is 4.71. The van der Waals surface area contributed by atoms with Gasteiger partial charge < -0.3 is 15.5 Å². The number of hydrogen-bond donors (Lipinski definition) is 2. The molecule has 1 aromatic carbocycles. The van der Waals surface area contributed by atoms with Crippen molar-refractivity contribution in [3.05, 3.63) is 39.7 Å². The van der Waals surface area contributed by atoms with E-state index in [-0.39, 0.29) is 12.1 Å². The standard InChI is InChI=1S/C15H20N2O2/c1-3-4-7-19-14-10(2)5-6-11-8-12(9-16)15(18)17-13(11)14/h5-6,8H,3-4,7,9,16H2,1-2H3,(H,17,18). The minimum absolute atomic E-state index is 0.138. The predicted molar refractivity (Wildman–Crippen MR) is 77.6 cm³/mol. The molecule has 4 nitrogen and oxygen atoms in total. The quantitative estimate of drug-likeness (QED) is 0.811. The molecule has 0 atom stereocenters. The number of H-pyrrole nitrogens is 1. The highest BCUT2D eigenvalue weighted by Crippen LogP contribution is 2.27. The normalized spacial score (nSPS) is 10.9. The average Bonchev–Trinajstić information content (AvgIpc) is 2.41. The maximum Gasteiger partial charge on any atom is 0.253 e. The van der Waals surface area contributed by atoms with Gasteiger partial charge in [0.1, 0.15) is 5.75 Å². The highest BCUT2D eigenvalue weighted by molar-refractivity contribution is 5.86. The highest BCUT2D eigenvalue weighted by Gasteiger charge is 2.09. The third kappa shape index (κ3) is 2.79. The van der Waals surface area contributed by atoms with Gasteiger partial charge in [-0.05, 0) is 25.0 Å². The molecule has 0 saturated carbocycles. The van der Waals surface area contributed by atoms with E-state index in [1.165, 1.54) is 0 Å². The summed E-state index contributed by atoms with van der Waals surface area (Å²) < 4.78 is 5.82. The van der Waals surface area contributed by atoms with Crippen molar-refractivity contribution in [1.82, 2.24) is 4.98 Å². The van der Waals surface area contributed by atoms with E-state index in [2.05, 4.69) is 11.9 Å².